The third kappa shape index (κ3) is 5.13. The van der Waals surface area contributed by atoms with E-state index < -0.39 is 0 Å². The molecule has 2 rings (SSSR count). The van der Waals surface area contributed by atoms with E-state index in [1.165, 1.54) is 0 Å². The van der Waals surface area contributed by atoms with Crippen LogP contribution in [0.5, 0.6) is 5.75 Å². The zero-order valence-electron chi connectivity index (χ0n) is 12.9. The molecule has 0 spiro atoms. The van der Waals surface area contributed by atoms with Crippen molar-refractivity contribution in [1.29, 1.82) is 0 Å². The van der Waals surface area contributed by atoms with Gasteiger partial charge in [0.1, 0.15) is 25.3 Å². The van der Waals surface area contributed by atoms with Gasteiger partial charge in [-0.15, -0.1) is 0 Å². The summed E-state index contributed by atoms with van der Waals surface area (Å²) in [5.41, 5.74) is 1.12. The number of hydrogen-bond donors (Lipinski definition) is 1. The predicted molar refractivity (Wildman–Crippen MR) is 89.6 cm³/mol. The van der Waals surface area contributed by atoms with Gasteiger partial charge in [0.05, 0.1) is 22.6 Å². The van der Waals surface area contributed by atoms with Crippen LogP contribution in [0.1, 0.15) is 25.8 Å². The average Bonchev–Trinajstić information content (AvgIpc) is 2.35. The van der Waals surface area contributed by atoms with Gasteiger partial charge >= 0.3 is 0 Å². The first-order chi connectivity index (χ1) is 9.95. The first kappa shape index (κ1) is 17.1. The van der Waals surface area contributed by atoms with E-state index in [0.29, 0.717) is 23.8 Å². The number of morpholine rings is 1. The lowest BCUT2D eigenvalue weighted by Gasteiger charge is -2.32. The van der Waals surface area contributed by atoms with Crippen LogP contribution >= 0.6 is 27.5 Å². The average molecular weight is 378 g/mol. The second kappa shape index (κ2) is 7.82. The molecule has 1 aliphatic rings. The molecular formula is C16H24BrClNO2+. The van der Waals surface area contributed by atoms with E-state index in [1.54, 1.807) is 4.90 Å². The molecule has 3 atom stereocenters. The van der Waals surface area contributed by atoms with E-state index in [-0.39, 0.29) is 0 Å². The SMILES string of the molecule is Cc1cc(Cl)c(OCCC[NH+]2C[C@@H](C)O[C@@H](C)C2)c(Br)c1. The number of aryl methyl sites for hydroxylation is 1. The lowest BCUT2D eigenvalue weighted by molar-refractivity contribution is -0.915. The molecule has 5 heteroatoms. The van der Waals surface area contributed by atoms with Crippen molar-refractivity contribution < 1.29 is 14.4 Å². The molecule has 1 aromatic carbocycles. The smallest absolute Gasteiger partial charge is 0.152 e. The Balaban J connectivity index is 1.77. The summed E-state index contributed by atoms with van der Waals surface area (Å²) in [5.74, 6) is 0.751. The molecule has 1 saturated heterocycles. The second-order valence-corrected chi connectivity index (χ2v) is 7.19. The number of rotatable bonds is 5. The van der Waals surface area contributed by atoms with E-state index in [4.69, 9.17) is 21.1 Å². The first-order valence-corrected chi connectivity index (χ1v) is 8.70. The zero-order chi connectivity index (χ0) is 15.4. The van der Waals surface area contributed by atoms with Crippen molar-refractivity contribution in [2.24, 2.45) is 0 Å². The van der Waals surface area contributed by atoms with Crippen molar-refractivity contribution in [3.05, 3.63) is 27.2 Å². The number of halogens is 2. The molecule has 0 saturated carbocycles. The predicted octanol–water partition coefficient (Wildman–Crippen LogP) is 2.87. The topological polar surface area (TPSA) is 22.9 Å². The number of hydrogen-bond acceptors (Lipinski definition) is 2. The number of benzene rings is 1. The molecule has 1 N–H and O–H groups in total. The van der Waals surface area contributed by atoms with Crippen molar-refractivity contribution in [2.45, 2.75) is 39.4 Å². The van der Waals surface area contributed by atoms with Crippen LogP contribution in [-0.4, -0.2) is 38.4 Å². The zero-order valence-corrected chi connectivity index (χ0v) is 15.3. The van der Waals surface area contributed by atoms with Gasteiger partial charge in [-0.1, -0.05) is 11.6 Å². The van der Waals surface area contributed by atoms with Crippen molar-refractivity contribution in [3.8, 4) is 5.75 Å². The van der Waals surface area contributed by atoms with Gasteiger partial charge in [-0.3, -0.25) is 0 Å². The summed E-state index contributed by atoms with van der Waals surface area (Å²) in [4.78, 5) is 1.60. The Hall–Kier alpha value is -0.290. The summed E-state index contributed by atoms with van der Waals surface area (Å²) in [5, 5.41) is 0.669. The monoisotopic (exact) mass is 376 g/mol. The second-order valence-electron chi connectivity index (χ2n) is 5.93. The highest BCUT2D eigenvalue weighted by Crippen LogP contribution is 2.34. The first-order valence-electron chi connectivity index (χ1n) is 7.53. The van der Waals surface area contributed by atoms with Crippen molar-refractivity contribution in [3.63, 3.8) is 0 Å². The number of ether oxygens (including phenoxy) is 2. The molecule has 1 aliphatic heterocycles. The van der Waals surface area contributed by atoms with Crippen LogP contribution in [0.3, 0.4) is 0 Å². The van der Waals surface area contributed by atoms with Gasteiger partial charge in [0.15, 0.2) is 5.75 Å². The Morgan fingerprint density at radius 3 is 2.62 bits per heavy atom. The van der Waals surface area contributed by atoms with Crippen LogP contribution in [0.2, 0.25) is 5.02 Å². The van der Waals surface area contributed by atoms with Crippen LogP contribution in [0.15, 0.2) is 16.6 Å². The van der Waals surface area contributed by atoms with Gasteiger partial charge in [0.2, 0.25) is 0 Å². The van der Waals surface area contributed by atoms with Crippen LogP contribution in [0.4, 0.5) is 0 Å². The van der Waals surface area contributed by atoms with E-state index in [1.807, 2.05) is 19.1 Å². The van der Waals surface area contributed by atoms with Crippen molar-refractivity contribution in [2.75, 3.05) is 26.2 Å². The normalized spacial score (nSPS) is 25.9. The third-order valence-electron chi connectivity index (χ3n) is 3.68. The maximum atomic E-state index is 6.22. The fourth-order valence-electron chi connectivity index (χ4n) is 2.91. The molecule has 0 radical (unpaired) electrons. The summed E-state index contributed by atoms with van der Waals surface area (Å²) < 4.78 is 12.5. The number of nitrogens with one attached hydrogen (secondary N) is 1. The van der Waals surface area contributed by atoms with Gasteiger partial charge in [0, 0.05) is 6.42 Å². The summed E-state index contributed by atoms with van der Waals surface area (Å²) in [7, 11) is 0. The van der Waals surface area contributed by atoms with Gasteiger partial charge in [-0.2, -0.15) is 0 Å². The fourth-order valence-corrected chi connectivity index (χ4v) is 4.05. The van der Waals surface area contributed by atoms with E-state index >= 15 is 0 Å². The van der Waals surface area contributed by atoms with Crippen molar-refractivity contribution >= 4 is 27.5 Å². The molecule has 1 heterocycles. The minimum Gasteiger partial charge on any atom is -0.491 e. The van der Waals surface area contributed by atoms with Crippen LogP contribution in [0, 0.1) is 6.92 Å². The minimum absolute atomic E-state index is 0.352. The molecule has 1 fully saturated rings. The van der Waals surface area contributed by atoms with Gasteiger partial charge in [0.25, 0.3) is 0 Å². The molecule has 0 aliphatic carbocycles. The van der Waals surface area contributed by atoms with Crippen LogP contribution < -0.4 is 9.64 Å². The third-order valence-corrected chi connectivity index (χ3v) is 4.55. The Morgan fingerprint density at radius 1 is 1.33 bits per heavy atom. The van der Waals surface area contributed by atoms with E-state index in [9.17, 15) is 0 Å². The maximum absolute atomic E-state index is 6.22. The summed E-state index contributed by atoms with van der Waals surface area (Å²) >= 11 is 9.74. The Morgan fingerprint density at radius 2 is 2.00 bits per heavy atom. The Bertz CT molecular complexity index is 450. The molecule has 118 valence electrons. The molecular weight excluding hydrogens is 354 g/mol. The van der Waals surface area contributed by atoms with Gasteiger partial charge in [-0.05, 0) is 54.4 Å². The van der Waals surface area contributed by atoms with Crippen LogP contribution in [-0.2, 0) is 4.74 Å². The fraction of sp³-hybridized carbons (Fsp3) is 0.625. The van der Waals surface area contributed by atoms with Crippen LogP contribution in [0.25, 0.3) is 0 Å². The largest absolute Gasteiger partial charge is 0.491 e. The highest BCUT2D eigenvalue weighted by atomic mass is 79.9. The molecule has 1 unspecified atom stereocenters. The molecule has 0 bridgehead atoms. The van der Waals surface area contributed by atoms with Crippen molar-refractivity contribution in [1.82, 2.24) is 0 Å². The maximum Gasteiger partial charge on any atom is 0.152 e. The lowest BCUT2D eigenvalue weighted by Crippen LogP contribution is -3.15. The summed E-state index contributed by atoms with van der Waals surface area (Å²) in [6, 6.07) is 3.95. The molecule has 0 aromatic heterocycles. The summed E-state index contributed by atoms with van der Waals surface area (Å²) in [6.45, 7) is 10.3. The highest BCUT2D eigenvalue weighted by Gasteiger charge is 2.24. The van der Waals surface area contributed by atoms with Gasteiger partial charge < -0.3 is 14.4 Å². The molecule has 3 nitrogen and oxygen atoms in total. The standard InChI is InChI=1S/C16H23BrClNO2/c1-11-7-14(17)16(15(18)8-11)20-6-4-5-19-9-12(2)21-13(3)10-19/h7-8,12-13H,4-6,9-10H2,1-3H3/p+1/t12-,13+. The summed E-state index contributed by atoms with van der Waals surface area (Å²) in [6.07, 6.45) is 1.72. The lowest BCUT2D eigenvalue weighted by atomic mass is 10.2. The molecule has 0 amide bonds. The Labute approximate surface area is 140 Å². The van der Waals surface area contributed by atoms with E-state index in [2.05, 4.69) is 29.8 Å². The number of quaternary nitrogens is 1. The Kier molecular flexibility index (Phi) is 6.35. The molecule has 1 aromatic rings. The minimum atomic E-state index is 0.352. The molecule has 21 heavy (non-hydrogen) atoms. The van der Waals surface area contributed by atoms with Gasteiger partial charge in [-0.25, -0.2) is 0 Å². The highest BCUT2D eigenvalue weighted by molar-refractivity contribution is 9.10. The van der Waals surface area contributed by atoms with E-state index in [0.717, 1.165) is 41.8 Å². The quantitative estimate of drug-likeness (QED) is 0.797.